The average Bonchev–Trinajstić information content (AvgIpc) is 3.53. The quantitative estimate of drug-likeness (QED) is 0.493. The van der Waals surface area contributed by atoms with Gasteiger partial charge in [0, 0.05) is 63.1 Å². The van der Waals surface area contributed by atoms with Gasteiger partial charge < -0.3 is 20.1 Å². The van der Waals surface area contributed by atoms with Crippen LogP contribution < -0.4 is 10.6 Å². The number of nitrogens with one attached hydrogen (secondary N) is 2. The molecule has 0 radical (unpaired) electrons. The summed E-state index contributed by atoms with van der Waals surface area (Å²) in [6.07, 6.45) is 8.86. The summed E-state index contributed by atoms with van der Waals surface area (Å²) in [4.78, 5) is 48.7. The summed E-state index contributed by atoms with van der Waals surface area (Å²) in [5.41, 5.74) is 3.35. The van der Waals surface area contributed by atoms with E-state index in [2.05, 4.69) is 49.7 Å². The number of fused-ring (bicyclic) bond motifs is 4. The average molecular weight is 569 g/mol. The molecule has 0 aliphatic carbocycles. The van der Waals surface area contributed by atoms with Gasteiger partial charge in [-0.05, 0) is 61.3 Å². The summed E-state index contributed by atoms with van der Waals surface area (Å²) in [5, 5.41) is 5.82. The van der Waals surface area contributed by atoms with Gasteiger partial charge in [-0.1, -0.05) is 42.5 Å². The van der Waals surface area contributed by atoms with Crippen molar-refractivity contribution in [3.8, 4) is 5.69 Å². The third kappa shape index (κ3) is 6.41. The Kier molecular flexibility index (Phi) is 8.37. The first kappa shape index (κ1) is 28.2. The van der Waals surface area contributed by atoms with Crippen LogP contribution in [-0.4, -0.2) is 74.8 Å². The lowest BCUT2D eigenvalue weighted by molar-refractivity contribution is -0.146. The lowest BCUT2D eigenvalue weighted by atomic mass is 9.77. The zero-order valence-corrected chi connectivity index (χ0v) is 24.2. The van der Waals surface area contributed by atoms with E-state index in [1.54, 1.807) is 19.4 Å². The molecule has 3 aliphatic rings. The molecule has 3 amide bonds. The molecule has 2 aromatic carbocycles. The number of likely N-dealkylation sites (tertiary alicyclic amines) is 1. The number of imidazole rings is 1. The monoisotopic (exact) mass is 568 g/mol. The molecular formula is C33H40N6O3. The minimum Gasteiger partial charge on any atom is -0.345 e. The summed E-state index contributed by atoms with van der Waals surface area (Å²) in [6.45, 7) is 5.07. The molecule has 220 valence electrons. The van der Waals surface area contributed by atoms with Crippen molar-refractivity contribution in [2.45, 2.75) is 63.7 Å². The summed E-state index contributed by atoms with van der Waals surface area (Å²) >= 11 is 0. The molecule has 5 atom stereocenters. The standard InChI is InChI=1S/C33H40N6O3/c1-23-32(41)36-29(17-24-6-3-2-4-7-24)33(42)39-20-26-16-27(30(39)8-5-9-31(40)35-23)21-37(19-26)18-25-10-12-28(13-11-25)38-15-14-34-22-38/h2-4,6-7,10-15,22-23,26-27,29-30H,5,8-9,16-21H2,1H3,(H,35,40)(H,36,41)/t23-,26+,27-,29+,30+/m1/s1. The van der Waals surface area contributed by atoms with Crippen molar-refractivity contribution in [3.63, 3.8) is 0 Å². The second kappa shape index (κ2) is 12.5. The Labute approximate surface area is 247 Å². The smallest absolute Gasteiger partial charge is 0.245 e. The number of hydrogen-bond donors (Lipinski definition) is 2. The molecule has 3 saturated heterocycles. The highest BCUT2D eigenvalue weighted by atomic mass is 16.2. The van der Waals surface area contributed by atoms with E-state index in [1.807, 2.05) is 41.1 Å². The van der Waals surface area contributed by atoms with Gasteiger partial charge >= 0.3 is 0 Å². The molecule has 0 unspecified atom stereocenters. The minimum absolute atomic E-state index is 0.00505. The third-order valence-corrected chi connectivity index (χ3v) is 9.04. The predicted molar refractivity (Wildman–Crippen MR) is 159 cm³/mol. The SMILES string of the molecule is C[C@H]1NC(=O)CCC[C@H]2[C@@H]3C[C@@H](CN(Cc4ccc(-n5ccnc5)cc4)C3)CN2C(=O)[C@H](Cc2ccccc2)NC1=O. The van der Waals surface area contributed by atoms with E-state index in [9.17, 15) is 14.4 Å². The maximum absolute atomic E-state index is 14.3. The van der Waals surface area contributed by atoms with Crippen molar-refractivity contribution in [1.82, 2.24) is 30.0 Å². The second-order valence-corrected chi connectivity index (χ2v) is 12.2. The molecule has 3 aromatic rings. The zero-order chi connectivity index (χ0) is 29.1. The van der Waals surface area contributed by atoms with Crippen molar-refractivity contribution in [2.75, 3.05) is 19.6 Å². The Morgan fingerprint density at radius 3 is 2.50 bits per heavy atom. The number of rotatable bonds is 5. The maximum atomic E-state index is 14.3. The fourth-order valence-corrected chi connectivity index (χ4v) is 7.04. The van der Waals surface area contributed by atoms with Gasteiger partial charge in [0.1, 0.15) is 12.1 Å². The first-order chi connectivity index (χ1) is 20.4. The van der Waals surface area contributed by atoms with E-state index in [0.29, 0.717) is 37.6 Å². The lowest BCUT2D eigenvalue weighted by Crippen LogP contribution is -2.63. The van der Waals surface area contributed by atoms with E-state index in [1.165, 1.54) is 5.56 Å². The Bertz CT molecular complexity index is 1380. The van der Waals surface area contributed by atoms with Gasteiger partial charge in [0.25, 0.3) is 0 Å². The van der Waals surface area contributed by atoms with Crippen LogP contribution in [0.1, 0.15) is 43.7 Å². The molecule has 2 bridgehead atoms. The molecule has 0 spiro atoms. The van der Waals surface area contributed by atoms with Crippen LogP contribution in [0.15, 0.2) is 73.3 Å². The molecule has 42 heavy (non-hydrogen) atoms. The zero-order valence-electron chi connectivity index (χ0n) is 24.2. The predicted octanol–water partition coefficient (Wildman–Crippen LogP) is 2.94. The van der Waals surface area contributed by atoms with Crippen molar-refractivity contribution in [3.05, 3.63) is 84.4 Å². The number of piperidine rings is 2. The van der Waals surface area contributed by atoms with E-state index >= 15 is 0 Å². The second-order valence-electron chi connectivity index (χ2n) is 12.2. The molecule has 0 saturated carbocycles. The fourth-order valence-electron chi connectivity index (χ4n) is 7.04. The molecule has 9 nitrogen and oxygen atoms in total. The fraction of sp³-hybridized carbons (Fsp3) is 0.455. The van der Waals surface area contributed by atoms with Crippen LogP contribution >= 0.6 is 0 Å². The van der Waals surface area contributed by atoms with Crippen LogP contribution in [0.2, 0.25) is 0 Å². The van der Waals surface area contributed by atoms with E-state index < -0.39 is 12.1 Å². The number of benzene rings is 2. The summed E-state index contributed by atoms with van der Waals surface area (Å²) in [7, 11) is 0. The highest BCUT2D eigenvalue weighted by Gasteiger charge is 2.44. The molecule has 3 fully saturated rings. The van der Waals surface area contributed by atoms with Gasteiger partial charge in [0.2, 0.25) is 17.7 Å². The van der Waals surface area contributed by atoms with E-state index in [4.69, 9.17) is 0 Å². The van der Waals surface area contributed by atoms with Gasteiger partial charge in [-0.2, -0.15) is 0 Å². The summed E-state index contributed by atoms with van der Waals surface area (Å²) in [6, 6.07) is 17.1. The topological polar surface area (TPSA) is 99.6 Å². The van der Waals surface area contributed by atoms with Crippen LogP contribution in [0.4, 0.5) is 0 Å². The number of nitrogens with zero attached hydrogens (tertiary/aromatic N) is 4. The van der Waals surface area contributed by atoms with Crippen molar-refractivity contribution >= 4 is 17.7 Å². The molecule has 6 rings (SSSR count). The number of amides is 3. The Hall–Kier alpha value is -3.98. The van der Waals surface area contributed by atoms with Crippen LogP contribution in [0, 0.1) is 11.8 Å². The van der Waals surface area contributed by atoms with Crippen LogP contribution in [0.5, 0.6) is 0 Å². The third-order valence-electron chi connectivity index (χ3n) is 9.04. The van der Waals surface area contributed by atoms with Gasteiger partial charge in [-0.15, -0.1) is 0 Å². The molecule has 2 N–H and O–H groups in total. The molecule has 3 aliphatic heterocycles. The maximum Gasteiger partial charge on any atom is 0.245 e. The summed E-state index contributed by atoms with van der Waals surface area (Å²) < 4.78 is 2.00. The highest BCUT2D eigenvalue weighted by molar-refractivity contribution is 5.92. The molecule has 1 aromatic heterocycles. The molecular weight excluding hydrogens is 528 g/mol. The van der Waals surface area contributed by atoms with E-state index in [0.717, 1.165) is 43.7 Å². The number of carbonyl (C=O) groups excluding carboxylic acids is 3. The van der Waals surface area contributed by atoms with E-state index in [-0.39, 0.29) is 23.8 Å². The largest absolute Gasteiger partial charge is 0.345 e. The first-order valence-electron chi connectivity index (χ1n) is 15.2. The Morgan fingerprint density at radius 2 is 1.74 bits per heavy atom. The number of aromatic nitrogens is 2. The van der Waals surface area contributed by atoms with Crippen LogP contribution in [0.25, 0.3) is 5.69 Å². The van der Waals surface area contributed by atoms with Crippen LogP contribution in [0.3, 0.4) is 0 Å². The lowest BCUT2D eigenvalue weighted by Gasteiger charge is -2.51. The van der Waals surface area contributed by atoms with Gasteiger partial charge in [0.05, 0.1) is 6.33 Å². The normalized spacial score (nSPS) is 27.3. The Balaban J connectivity index is 1.20. The van der Waals surface area contributed by atoms with Crippen molar-refractivity contribution in [1.29, 1.82) is 0 Å². The van der Waals surface area contributed by atoms with Crippen molar-refractivity contribution < 1.29 is 14.4 Å². The first-order valence-corrected chi connectivity index (χ1v) is 15.2. The molecule has 9 heteroatoms. The van der Waals surface area contributed by atoms with Gasteiger partial charge in [-0.25, -0.2) is 4.98 Å². The Morgan fingerprint density at radius 1 is 0.929 bits per heavy atom. The number of hydrogen-bond acceptors (Lipinski definition) is 5. The van der Waals surface area contributed by atoms with Gasteiger partial charge in [-0.3, -0.25) is 19.3 Å². The summed E-state index contributed by atoms with van der Waals surface area (Å²) in [5.74, 6) is 0.252. The van der Waals surface area contributed by atoms with Crippen molar-refractivity contribution in [2.24, 2.45) is 11.8 Å². The van der Waals surface area contributed by atoms with Gasteiger partial charge in [0.15, 0.2) is 0 Å². The number of carbonyl (C=O) groups is 3. The molecule has 4 heterocycles. The highest BCUT2D eigenvalue weighted by Crippen LogP contribution is 2.36. The minimum atomic E-state index is -0.692. The van der Waals surface area contributed by atoms with Crippen LogP contribution in [-0.2, 0) is 27.3 Å².